The van der Waals surface area contributed by atoms with Crippen LogP contribution in [-0.2, 0) is 23.6 Å². The number of benzene rings is 1. The SMILES string of the molecule is Cn1cnc(CNS(=O)(=O)c2ccc(F)cc2)n1. The topological polar surface area (TPSA) is 76.9 Å². The molecule has 96 valence electrons. The Kier molecular flexibility index (Phi) is 3.39. The fraction of sp³-hybridized carbons (Fsp3) is 0.200. The third-order valence-electron chi connectivity index (χ3n) is 2.19. The Bertz CT molecular complexity index is 636. The van der Waals surface area contributed by atoms with E-state index in [-0.39, 0.29) is 11.4 Å². The molecule has 1 aromatic carbocycles. The molecule has 0 spiro atoms. The Balaban J connectivity index is 2.10. The summed E-state index contributed by atoms with van der Waals surface area (Å²) in [6, 6.07) is 4.58. The van der Waals surface area contributed by atoms with Gasteiger partial charge in [-0.1, -0.05) is 0 Å². The van der Waals surface area contributed by atoms with E-state index in [1.807, 2.05) is 0 Å². The molecular formula is C10H11FN4O2S. The minimum Gasteiger partial charge on any atom is -0.256 e. The van der Waals surface area contributed by atoms with Crippen LogP contribution in [-0.4, -0.2) is 23.2 Å². The Labute approximate surface area is 104 Å². The minimum atomic E-state index is -3.67. The number of hydrogen-bond acceptors (Lipinski definition) is 4. The lowest BCUT2D eigenvalue weighted by molar-refractivity contribution is 0.577. The van der Waals surface area contributed by atoms with Crippen molar-refractivity contribution in [3.8, 4) is 0 Å². The summed E-state index contributed by atoms with van der Waals surface area (Å²) in [7, 11) is -1.99. The molecular weight excluding hydrogens is 259 g/mol. The first-order valence-electron chi connectivity index (χ1n) is 5.07. The standard InChI is InChI=1S/C10H11FN4O2S/c1-15-7-12-10(14-15)6-13-18(16,17)9-4-2-8(11)3-5-9/h2-5,7,13H,6H2,1H3. The molecule has 0 amide bonds. The van der Waals surface area contributed by atoms with Gasteiger partial charge >= 0.3 is 0 Å². The van der Waals surface area contributed by atoms with Crippen LogP contribution in [0, 0.1) is 5.82 Å². The fourth-order valence-electron chi connectivity index (χ4n) is 1.32. The molecule has 0 atom stereocenters. The van der Waals surface area contributed by atoms with E-state index in [1.165, 1.54) is 23.1 Å². The molecule has 6 nitrogen and oxygen atoms in total. The van der Waals surface area contributed by atoms with Crippen LogP contribution in [0.25, 0.3) is 0 Å². The summed E-state index contributed by atoms with van der Waals surface area (Å²) < 4.78 is 40.2. The number of aryl methyl sites for hydroxylation is 1. The van der Waals surface area contributed by atoms with Crippen molar-refractivity contribution in [2.45, 2.75) is 11.4 Å². The van der Waals surface area contributed by atoms with E-state index in [9.17, 15) is 12.8 Å². The molecule has 0 saturated carbocycles. The van der Waals surface area contributed by atoms with Gasteiger partial charge in [-0.3, -0.25) is 4.68 Å². The van der Waals surface area contributed by atoms with Crippen LogP contribution in [0.1, 0.15) is 5.82 Å². The Morgan fingerprint density at radius 1 is 1.33 bits per heavy atom. The maximum Gasteiger partial charge on any atom is 0.240 e. The lowest BCUT2D eigenvalue weighted by atomic mass is 10.4. The summed E-state index contributed by atoms with van der Waals surface area (Å²) in [6.45, 7) is -0.0133. The molecule has 18 heavy (non-hydrogen) atoms. The van der Waals surface area contributed by atoms with E-state index >= 15 is 0 Å². The zero-order valence-electron chi connectivity index (χ0n) is 9.54. The normalized spacial score (nSPS) is 11.7. The van der Waals surface area contributed by atoms with E-state index in [0.717, 1.165) is 12.1 Å². The molecule has 0 bridgehead atoms. The van der Waals surface area contributed by atoms with Gasteiger partial charge in [-0.2, -0.15) is 5.10 Å². The highest BCUT2D eigenvalue weighted by Crippen LogP contribution is 2.09. The van der Waals surface area contributed by atoms with Crippen molar-refractivity contribution < 1.29 is 12.8 Å². The van der Waals surface area contributed by atoms with Gasteiger partial charge in [-0.25, -0.2) is 22.5 Å². The van der Waals surface area contributed by atoms with E-state index in [4.69, 9.17) is 0 Å². The van der Waals surface area contributed by atoms with Gasteiger partial charge in [-0.15, -0.1) is 0 Å². The van der Waals surface area contributed by atoms with Gasteiger partial charge in [0.25, 0.3) is 0 Å². The van der Waals surface area contributed by atoms with Crippen LogP contribution >= 0.6 is 0 Å². The van der Waals surface area contributed by atoms with Gasteiger partial charge < -0.3 is 0 Å². The van der Waals surface area contributed by atoms with Crippen LogP contribution in [0.5, 0.6) is 0 Å². The Hall–Kier alpha value is -1.80. The summed E-state index contributed by atoms with van der Waals surface area (Å²) in [5, 5.41) is 3.94. The lowest BCUT2D eigenvalue weighted by Gasteiger charge is -2.04. The summed E-state index contributed by atoms with van der Waals surface area (Å²) in [6.07, 6.45) is 1.47. The van der Waals surface area contributed by atoms with Gasteiger partial charge in [0.1, 0.15) is 12.1 Å². The third kappa shape index (κ3) is 2.90. The van der Waals surface area contributed by atoms with Crippen molar-refractivity contribution in [1.82, 2.24) is 19.5 Å². The first-order chi connectivity index (χ1) is 8.47. The highest BCUT2D eigenvalue weighted by molar-refractivity contribution is 7.89. The monoisotopic (exact) mass is 270 g/mol. The van der Waals surface area contributed by atoms with E-state index in [1.54, 1.807) is 7.05 Å². The molecule has 1 heterocycles. The third-order valence-corrected chi connectivity index (χ3v) is 3.61. The van der Waals surface area contributed by atoms with Gasteiger partial charge in [0.05, 0.1) is 11.4 Å². The summed E-state index contributed by atoms with van der Waals surface area (Å²) in [5.74, 6) is -0.122. The predicted molar refractivity (Wildman–Crippen MR) is 61.4 cm³/mol. The quantitative estimate of drug-likeness (QED) is 0.874. The highest BCUT2D eigenvalue weighted by Gasteiger charge is 2.14. The zero-order valence-corrected chi connectivity index (χ0v) is 10.4. The molecule has 0 radical (unpaired) electrons. The zero-order chi connectivity index (χ0) is 13.2. The van der Waals surface area contributed by atoms with Gasteiger partial charge in [0, 0.05) is 7.05 Å². The van der Waals surface area contributed by atoms with Crippen molar-refractivity contribution in [2.75, 3.05) is 0 Å². The summed E-state index contributed by atoms with van der Waals surface area (Å²) in [4.78, 5) is 3.89. The molecule has 1 aromatic heterocycles. The molecule has 0 fully saturated rings. The van der Waals surface area contributed by atoms with Gasteiger partial charge in [0.2, 0.25) is 10.0 Å². The maximum atomic E-state index is 12.7. The molecule has 1 N–H and O–H groups in total. The molecule has 0 aliphatic rings. The van der Waals surface area contributed by atoms with Crippen molar-refractivity contribution >= 4 is 10.0 Å². The van der Waals surface area contributed by atoms with Crippen molar-refractivity contribution in [1.29, 1.82) is 0 Å². The van der Waals surface area contributed by atoms with Crippen LogP contribution in [0.4, 0.5) is 4.39 Å². The van der Waals surface area contributed by atoms with Gasteiger partial charge in [0.15, 0.2) is 5.82 Å². The van der Waals surface area contributed by atoms with Crippen molar-refractivity contribution in [2.24, 2.45) is 7.05 Å². The number of rotatable bonds is 4. The second kappa shape index (κ2) is 4.83. The number of sulfonamides is 1. The van der Waals surface area contributed by atoms with E-state index in [2.05, 4.69) is 14.8 Å². The lowest BCUT2D eigenvalue weighted by Crippen LogP contribution is -2.23. The molecule has 0 aliphatic heterocycles. The maximum absolute atomic E-state index is 12.7. The molecule has 0 saturated heterocycles. The molecule has 0 aliphatic carbocycles. The number of hydrogen-bond donors (Lipinski definition) is 1. The Morgan fingerprint density at radius 2 is 2.00 bits per heavy atom. The van der Waals surface area contributed by atoms with Crippen molar-refractivity contribution in [3.05, 3.63) is 42.2 Å². The average molecular weight is 270 g/mol. The molecule has 2 aromatic rings. The van der Waals surface area contributed by atoms with Crippen LogP contribution < -0.4 is 4.72 Å². The summed E-state index contributed by atoms with van der Waals surface area (Å²) >= 11 is 0. The van der Waals surface area contributed by atoms with Gasteiger partial charge in [-0.05, 0) is 24.3 Å². The number of nitrogens with one attached hydrogen (secondary N) is 1. The summed E-state index contributed by atoms with van der Waals surface area (Å²) in [5.41, 5.74) is 0. The number of aromatic nitrogens is 3. The molecule has 2 rings (SSSR count). The van der Waals surface area contributed by atoms with E-state index < -0.39 is 15.8 Å². The number of halogens is 1. The second-order valence-electron chi connectivity index (χ2n) is 3.61. The molecule has 8 heteroatoms. The molecule has 0 unspecified atom stereocenters. The Morgan fingerprint density at radius 3 is 2.56 bits per heavy atom. The highest BCUT2D eigenvalue weighted by atomic mass is 32.2. The van der Waals surface area contributed by atoms with Crippen LogP contribution in [0.3, 0.4) is 0 Å². The fourth-order valence-corrected chi connectivity index (χ4v) is 2.30. The largest absolute Gasteiger partial charge is 0.256 e. The minimum absolute atomic E-state index is 0.000156. The first-order valence-corrected chi connectivity index (χ1v) is 6.55. The predicted octanol–water partition coefficient (Wildman–Crippen LogP) is 0.433. The van der Waals surface area contributed by atoms with Crippen LogP contribution in [0.2, 0.25) is 0 Å². The first kappa shape index (κ1) is 12.7. The number of nitrogens with zero attached hydrogens (tertiary/aromatic N) is 3. The van der Waals surface area contributed by atoms with Crippen molar-refractivity contribution in [3.63, 3.8) is 0 Å². The smallest absolute Gasteiger partial charge is 0.240 e. The van der Waals surface area contributed by atoms with Crippen LogP contribution in [0.15, 0.2) is 35.5 Å². The van der Waals surface area contributed by atoms with E-state index in [0.29, 0.717) is 5.82 Å². The second-order valence-corrected chi connectivity index (χ2v) is 5.38. The average Bonchev–Trinajstić information content (AvgIpc) is 2.73.